The maximum absolute atomic E-state index is 13.0. The Labute approximate surface area is 225 Å². The summed E-state index contributed by atoms with van der Waals surface area (Å²) in [5.41, 5.74) is 0.632. The van der Waals surface area contributed by atoms with Crippen molar-refractivity contribution in [1.82, 2.24) is 8.87 Å². The number of aromatic nitrogens is 1. The Kier molecular flexibility index (Phi) is 9.20. The van der Waals surface area contributed by atoms with Gasteiger partial charge in [0.15, 0.2) is 14.6 Å². The molecule has 0 atom stereocenters. The molecule has 0 aliphatic rings. The smallest absolute Gasteiger partial charge is 0.326 e. The molecule has 1 heterocycles. The highest BCUT2D eigenvalue weighted by Crippen LogP contribution is 2.22. The van der Waals surface area contributed by atoms with Crippen LogP contribution in [0.3, 0.4) is 0 Å². The molecular weight excluding hydrogens is 550 g/mol. The average Bonchev–Trinajstić information content (AvgIpc) is 3.19. The Morgan fingerprint density at radius 1 is 1.03 bits per heavy atom. The monoisotopic (exact) mass is 577 g/mol. The Hall–Kier alpha value is -3.39. The van der Waals surface area contributed by atoms with Crippen molar-refractivity contribution in [2.45, 2.75) is 23.3 Å². The molecule has 0 unspecified atom stereocenters. The molecule has 0 aliphatic heterocycles. The van der Waals surface area contributed by atoms with Gasteiger partial charge in [0.1, 0.15) is 6.54 Å². The van der Waals surface area contributed by atoms with Crippen molar-refractivity contribution in [3.63, 3.8) is 0 Å². The standard InChI is InChI=1S/C25H27N3O7S3/c1-5-14-27(15-6-2)38(33,34)19-10-8-18(9-11-19)24(30)26-25-28(17-23(29)35-7-3)21-13-12-20(37(4,31)32)16-22(21)36-25/h5-6,8-13,16H,1-2,7,14-15,17H2,3-4H3. The number of rotatable bonds is 11. The molecule has 2 aromatic carbocycles. The maximum atomic E-state index is 13.0. The van der Waals surface area contributed by atoms with E-state index in [0.29, 0.717) is 10.2 Å². The van der Waals surface area contributed by atoms with Crippen molar-refractivity contribution >= 4 is 53.3 Å². The molecule has 0 fully saturated rings. The van der Waals surface area contributed by atoms with Crippen LogP contribution in [0.15, 0.2) is 82.6 Å². The minimum Gasteiger partial charge on any atom is -0.465 e. The van der Waals surface area contributed by atoms with Gasteiger partial charge in [-0.1, -0.05) is 23.5 Å². The average molecular weight is 578 g/mol. The summed E-state index contributed by atoms with van der Waals surface area (Å²) in [5.74, 6) is -1.22. The lowest BCUT2D eigenvalue weighted by molar-refractivity contribution is -0.143. The molecule has 3 aromatic rings. The number of benzene rings is 2. The molecule has 0 saturated carbocycles. The number of fused-ring (bicyclic) bond motifs is 1. The van der Waals surface area contributed by atoms with Gasteiger partial charge >= 0.3 is 5.97 Å². The fourth-order valence-electron chi connectivity index (χ4n) is 3.49. The molecule has 10 nitrogen and oxygen atoms in total. The van der Waals surface area contributed by atoms with Crippen molar-refractivity contribution in [2.75, 3.05) is 26.0 Å². The zero-order valence-corrected chi connectivity index (χ0v) is 23.3. The second kappa shape index (κ2) is 12.0. The number of amides is 1. The van der Waals surface area contributed by atoms with Gasteiger partial charge in [0, 0.05) is 24.9 Å². The van der Waals surface area contributed by atoms with E-state index in [1.54, 1.807) is 13.0 Å². The van der Waals surface area contributed by atoms with E-state index < -0.39 is 31.7 Å². The van der Waals surface area contributed by atoms with Crippen molar-refractivity contribution < 1.29 is 31.2 Å². The SMILES string of the molecule is C=CCN(CC=C)S(=O)(=O)c1ccc(C(=O)N=c2sc3cc(S(C)(=O)=O)ccc3n2CC(=O)OCC)cc1. The molecule has 1 amide bonds. The van der Waals surface area contributed by atoms with Crippen LogP contribution in [-0.4, -0.2) is 63.5 Å². The summed E-state index contributed by atoms with van der Waals surface area (Å²) in [7, 11) is -7.32. The van der Waals surface area contributed by atoms with E-state index in [1.807, 2.05) is 0 Å². The minimum atomic E-state index is -3.84. The lowest BCUT2D eigenvalue weighted by Crippen LogP contribution is -2.31. The van der Waals surface area contributed by atoms with Crippen molar-refractivity contribution in [1.29, 1.82) is 0 Å². The molecule has 0 radical (unpaired) electrons. The first-order valence-corrected chi connectivity index (χ1v) is 15.5. The van der Waals surface area contributed by atoms with E-state index in [9.17, 15) is 26.4 Å². The quantitative estimate of drug-likeness (QED) is 0.253. The zero-order chi connectivity index (χ0) is 28.1. The van der Waals surface area contributed by atoms with E-state index in [4.69, 9.17) is 4.74 Å². The third kappa shape index (κ3) is 6.54. The second-order valence-corrected chi connectivity index (χ2v) is 13.0. The van der Waals surface area contributed by atoms with Gasteiger partial charge in [0.2, 0.25) is 10.0 Å². The Balaban J connectivity index is 2.04. The minimum absolute atomic E-state index is 0.00899. The van der Waals surface area contributed by atoms with Gasteiger partial charge in [-0.15, -0.1) is 13.2 Å². The molecule has 13 heteroatoms. The van der Waals surface area contributed by atoms with E-state index >= 15 is 0 Å². The van der Waals surface area contributed by atoms with Gasteiger partial charge in [-0.2, -0.15) is 9.30 Å². The van der Waals surface area contributed by atoms with Gasteiger partial charge in [0.05, 0.1) is 26.6 Å². The number of hydrogen-bond donors (Lipinski definition) is 0. The van der Waals surface area contributed by atoms with Crippen LogP contribution in [0, 0.1) is 0 Å². The molecule has 0 bridgehead atoms. The first-order chi connectivity index (χ1) is 17.9. The fourth-order valence-corrected chi connectivity index (χ4v) is 6.66. The number of thiazole rings is 1. The molecule has 1 aromatic heterocycles. The topological polar surface area (TPSA) is 132 Å². The van der Waals surface area contributed by atoms with Gasteiger partial charge < -0.3 is 9.30 Å². The van der Waals surface area contributed by atoms with Gasteiger partial charge in [-0.3, -0.25) is 9.59 Å². The van der Waals surface area contributed by atoms with Crippen molar-refractivity contribution in [3.05, 3.63) is 78.1 Å². The van der Waals surface area contributed by atoms with Crippen LogP contribution in [0.2, 0.25) is 0 Å². The number of sulfone groups is 1. The Morgan fingerprint density at radius 2 is 1.63 bits per heavy atom. The molecule has 38 heavy (non-hydrogen) atoms. The maximum Gasteiger partial charge on any atom is 0.326 e. The largest absolute Gasteiger partial charge is 0.465 e. The van der Waals surface area contributed by atoms with Gasteiger partial charge in [0.25, 0.3) is 5.91 Å². The lowest BCUT2D eigenvalue weighted by Gasteiger charge is -2.19. The molecule has 0 spiro atoms. The number of carbonyl (C=O) groups is 2. The number of carbonyl (C=O) groups excluding carboxylic acids is 2. The molecular formula is C25H27N3O7S3. The van der Waals surface area contributed by atoms with Crippen LogP contribution in [-0.2, 0) is 35.9 Å². The number of esters is 1. The Bertz CT molecular complexity index is 1660. The molecule has 202 valence electrons. The third-order valence-corrected chi connectivity index (χ3v) is 9.27. The van der Waals surface area contributed by atoms with Crippen molar-refractivity contribution in [2.24, 2.45) is 4.99 Å². The van der Waals surface area contributed by atoms with Crippen LogP contribution in [0.25, 0.3) is 10.2 Å². The van der Waals surface area contributed by atoms with Crippen molar-refractivity contribution in [3.8, 4) is 0 Å². The highest BCUT2D eigenvalue weighted by molar-refractivity contribution is 7.90. The predicted molar refractivity (Wildman–Crippen MR) is 145 cm³/mol. The summed E-state index contributed by atoms with van der Waals surface area (Å²) in [6.07, 6.45) is 4.02. The molecule has 3 rings (SSSR count). The number of nitrogens with zero attached hydrogens (tertiary/aromatic N) is 3. The molecule has 0 saturated heterocycles. The van der Waals surface area contributed by atoms with Crippen LogP contribution < -0.4 is 4.80 Å². The Morgan fingerprint density at radius 3 is 2.18 bits per heavy atom. The van der Waals surface area contributed by atoms with Gasteiger partial charge in [-0.05, 0) is 49.4 Å². The van der Waals surface area contributed by atoms with E-state index in [-0.39, 0.29) is 46.4 Å². The van der Waals surface area contributed by atoms with Crippen LogP contribution in [0.1, 0.15) is 17.3 Å². The first-order valence-electron chi connectivity index (χ1n) is 11.3. The number of sulfonamides is 1. The van der Waals surface area contributed by atoms with E-state index in [0.717, 1.165) is 17.6 Å². The fraction of sp³-hybridized carbons (Fsp3) is 0.240. The highest BCUT2D eigenvalue weighted by atomic mass is 32.2. The summed E-state index contributed by atoms with van der Waals surface area (Å²) >= 11 is 1.04. The number of hydrogen-bond acceptors (Lipinski definition) is 8. The normalized spacial score (nSPS) is 12.6. The highest BCUT2D eigenvalue weighted by Gasteiger charge is 2.23. The van der Waals surface area contributed by atoms with Gasteiger partial charge in [-0.25, -0.2) is 16.8 Å². The summed E-state index contributed by atoms with van der Waals surface area (Å²) in [4.78, 5) is 29.6. The first kappa shape index (κ1) is 29.2. The number of ether oxygens (including phenoxy) is 1. The van der Waals surface area contributed by atoms with Crippen LogP contribution in [0.5, 0.6) is 0 Å². The lowest BCUT2D eigenvalue weighted by atomic mass is 10.2. The summed E-state index contributed by atoms with van der Waals surface area (Å²) in [6, 6.07) is 9.74. The third-order valence-electron chi connectivity index (χ3n) is 5.28. The van der Waals surface area contributed by atoms with Crippen LogP contribution >= 0.6 is 11.3 Å². The van der Waals surface area contributed by atoms with E-state index in [1.165, 1.54) is 57.4 Å². The summed E-state index contributed by atoms with van der Waals surface area (Å²) in [6.45, 7) is 8.94. The van der Waals surface area contributed by atoms with Crippen LogP contribution in [0.4, 0.5) is 0 Å². The molecule has 0 aliphatic carbocycles. The van der Waals surface area contributed by atoms with E-state index in [2.05, 4.69) is 18.2 Å². The molecule has 0 N–H and O–H groups in total. The predicted octanol–water partition coefficient (Wildman–Crippen LogP) is 2.77. The summed E-state index contributed by atoms with van der Waals surface area (Å²) < 4.78 is 58.0. The zero-order valence-electron chi connectivity index (χ0n) is 20.9. The second-order valence-electron chi connectivity index (χ2n) is 8.02. The summed E-state index contributed by atoms with van der Waals surface area (Å²) in [5, 5.41) is 0.